The van der Waals surface area contributed by atoms with Crippen molar-refractivity contribution in [2.24, 2.45) is 5.92 Å². The first-order valence-corrected chi connectivity index (χ1v) is 7.20. The first-order chi connectivity index (χ1) is 8.19. The number of rotatable bonds is 7. The van der Waals surface area contributed by atoms with Gasteiger partial charge in [-0.1, -0.05) is 13.8 Å². The van der Waals surface area contributed by atoms with Crippen LogP contribution in [0.15, 0.2) is 0 Å². The van der Waals surface area contributed by atoms with Gasteiger partial charge < -0.3 is 10.1 Å². The van der Waals surface area contributed by atoms with Crippen molar-refractivity contribution in [1.82, 2.24) is 10.3 Å². The minimum absolute atomic E-state index is 0.513. The molecule has 0 aliphatic heterocycles. The third-order valence-electron chi connectivity index (χ3n) is 2.93. The van der Waals surface area contributed by atoms with Crippen LogP contribution < -0.4 is 5.32 Å². The van der Waals surface area contributed by atoms with Crippen LogP contribution in [0, 0.1) is 5.92 Å². The molecule has 1 heterocycles. The van der Waals surface area contributed by atoms with Gasteiger partial charge >= 0.3 is 0 Å². The number of methoxy groups -OCH3 is 1. The molecule has 0 radical (unpaired) electrons. The molecular formula is C13H22N2OS. The summed E-state index contributed by atoms with van der Waals surface area (Å²) in [5.41, 5.74) is 1.13. The summed E-state index contributed by atoms with van der Waals surface area (Å²) >= 11 is 1.86. The fraction of sp³-hybridized carbons (Fsp3) is 0.769. The summed E-state index contributed by atoms with van der Waals surface area (Å²) in [6.07, 6.45) is 3.95. The third kappa shape index (κ3) is 4.05. The molecule has 4 heteroatoms. The Bertz CT molecular complexity index is 358. The Labute approximate surface area is 108 Å². The maximum absolute atomic E-state index is 5.23. The standard InChI is InChI=1S/C13H22N2OS/c1-9(2)14-7-12-11(8-16-3)15-13(17-12)6-10-4-5-10/h9-10,14H,4-8H2,1-3H3. The minimum atomic E-state index is 0.513. The monoisotopic (exact) mass is 254 g/mol. The van der Waals surface area contributed by atoms with Crippen molar-refractivity contribution < 1.29 is 4.74 Å². The molecule has 2 rings (SSSR count). The number of nitrogens with one attached hydrogen (secondary N) is 1. The summed E-state index contributed by atoms with van der Waals surface area (Å²) in [7, 11) is 1.74. The molecule has 1 aromatic heterocycles. The van der Waals surface area contributed by atoms with Gasteiger partial charge in [0.1, 0.15) is 0 Å². The molecule has 3 nitrogen and oxygen atoms in total. The molecule has 0 spiro atoms. The van der Waals surface area contributed by atoms with E-state index in [0.717, 1.165) is 18.2 Å². The predicted octanol–water partition coefficient (Wildman–Crippen LogP) is 2.74. The molecule has 96 valence electrons. The lowest BCUT2D eigenvalue weighted by Crippen LogP contribution is -2.21. The molecule has 0 amide bonds. The van der Waals surface area contributed by atoms with Crippen LogP contribution in [0.5, 0.6) is 0 Å². The molecule has 1 aliphatic carbocycles. The van der Waals surface area contributed by atoms with Crippen LogP contribution in [0.1, 0.15) is 42.3 Å². The van der Waals surface area contributed by atoms with Gasteiger partial charge in [0.25, 0.3) is 0 Å². The van der Waals surface area contributed by atoms with Crippen LogP contribution in [0.25, 0.3) is 0 Å². The third-order valence-corrected chi connectivity index (χ3v) is 4.05. The Morgan fingerprint density at radius 2 is 2.24 bits per heavy atom. The molecule has 0 atom stereocenters. The average molecular weight is 254 g/mol. The number of thiazole rings is 1. The van der Waals surface area contributed by atoms with E-state index in [0.29, 0.717) is 12.6 Å². The highest BCUT2D eigenvalue weighted by Gasteiger charge is 2.24. The van der Waals surface area contributed by atoms with E-state index in [1.165, 1.54) is 29.1 Å². The molecule has 0 saturated heterocycles. The van der Waals surface area contributed by atoms with E-state index >= 15 is 0 Å². The Kier molecular flexibility index (Phi) is 4.54. The zero-order chi connectivity index (χ0) is 12.3. The Morgan fingerprint density at radius 3 is 2.82 bits per heavy atom. The summed E-state index contributed by atoms with van der Waals surface area (Å²) in [6.45, 7) is 5.89. The van der Waals surface area contributed by atoms with Crippen molar-refractivity contribution in [3.8, 4) is 0 Å². The van der Waals surface area contributed by atoms with E-state index in [1.807, 2.05) is 11.3 Å². The number of aromatic nitrogens is 1. The number of ether oxygens (including phenoxy) is 1. The first-order valence-electron chi connectivity index (χ1n) is 6.38. The molecule has 1 aromatic rings. The fourth-order valence-corrected chi connectivity index (χ4v) is 2.91. The van der Waals surface area contributed by atoms with E-state index in [2.05, 4.69) is 19.2 Å². The summed E-state index contributed by atoms with van der Waals surface area (Å²) in [4.78, 5) is 6.06. The zero-order valence-corrected chi connectivity index (χ0v) is 11.8. The molecule has 1 saturated carbocycles. The number of nitrogens with zero attached hydrogens (tertiary/aromatic N) is 1. The molecule has 0 aromatic carbocycles. The quantitative estimate of drug-likeness (QED) is 0.812. The summed E-state index contributed by atoms with van der Waals surface area (Å²) in [6, 6.07) is 0.513. The highest BCUT2D eigenvalue weighted by molar-refractivity contribution is 7.11. The molecule has 0 bridgehead atoms. The summed E-state index contributed by atoms with van der Waals surface area (Å²) in [5.74, 6) is 0.905. The van der Waals surface area contributed by atoms with Gasteiger partial charge in [-0.15, -0.1) is 11.3 Å². The van der Waals surface area contributed by atoms with Crippen molar-refractivity contribution in [2.75, 3.05) is 7.11 Å². The van der Waals surface area contributed by atoms with Crippen LogP contribution in [-0.4, -0.2) is 18.1 Å². The highest BCUT2D eigenvalue weighted by Crippen LogP contribution is 2.34. The van der Waals surface area contributed by atoms with Crippen LogP contribution in [0.2, 0.25) is 0 Å². The largest absolute Gasteiger partial charge is 0.378 e. The second-order valence-electron chi connectivity index (χ2n) is 5.09. The molecule has 17 heavy (non-hydrogen) atoms. The molecule has 1 fully saturated rings. The lowest BCUT2D eigenvalue weighted by atomic mass is 10.3. The van der Waals surface area contributed by atoms with Crippen LogP contribution in [0.3, 0.4) is 0 Å². The maximum atomic E-state index is 5.23. The van der Waals surface area contributed by atoms with Crippen molar-refractivity contribution >= 4 is 11.3 Å². The average Bonchev–Trinajstić information content (AvgIpc) is 2.99. The maximum Gasteiger partial charge on any atom is 0.0935 e. The Morgan fingerprint density at radius 1 is 1.47 bits per heavy atom. The lowest BCUT2D eigenvalue weighted by molar-refractivity contribution is 0.181. The second-order valence-corrected chi connectivity index (χ2v) is 6.26. The zero-order valence-electron chi connectivity index (χ0n) is 11.0. The highest BCUT2D eigenvalue weighted by atomic mass is 32.1. The van der Waals surface area contributed by atoms with E-state index in [1.54, 1.807) is 7.11 Å². The number of hydrogen-bond acceptors (Lipinski definition) is 4. The van der Waals surface area contributed by atoms with Crippen molar-refractivity contribution in [3.63, 3.8) is 0 Å². The molecule has 1 aliphatic rings. The molecule has 0 unspecified atom stereocenters. The minimum Gasteiger partial charge on any atom is -0.378 e. The van der Waals surface area contributed by atoms with Crippen LogP contribution in [0.4, 0.5) is 0 Å². The smallest absolute Gasteiger partial charge is 0.0935 e. The van der Waals surface area contributed by atoms with Crippen molar-refractivity contribution in [3.05, 3.63) is 15.6 Å². The molecule has 1 N–H and O–H groups in total. The Balaban J connectivity index is 2.01. The Hall–Kier alpha value is -0.450. The number of hydrogen-bond donors (Lipinski definition) is 1. The first kappa shape index (κ1) is 13.0. The van der Waals surface area contributed by atoms with Crippen LogP contribution in [-0.2, 0) is 24.3 Å². The van der Waals surface area contributed by atoms with Crippen LogP contribution >= 0.6 is 11.3 Å². The van der Waals surface area contributed by atoms with E-state index < -0.39 is 0 Å². The summed E-state index contributed by atoms with van der Waals surface area (Å²) in [5, 5.41) is 4.75. The fourth-order valence-electron chi connectivity index (χ4n) is 1.78. The summed E-state index contributed by atoms with van der Waals surface area (Å²) < 4.78 is 5.23. The topological polar surface area (TPSA) is 34.1 Å². The normalized spacial score (nSPS) is 15.8. The van der Waals surface area contributed by atoms with E-state index in [9.17, 15) is 0 Å². The van der Waals surface area contributed by atoms with Gasteiger partial charge in [-0.3, -0.25) is 0 Å². The van der Waals surface area contributed by atoms with Gasteiger partial charge in [-0.05, 0) is 18.8 Å². The van der Waals surface area contributed by atoms with Gasteiger partial charge in [0.15, 0.2) is 0 Å². The van der Waals surface area contributed by atoms with Crippen molar-refractivity contribution in [2.45, 2.75) is 52.3 Å². The predicted molar refractivity (Wildman–Crippen MR) is 71.2 cm³/mol. The lowest BCUT2D eigenvalue weighted by Gasteiger charge is -2.07. The van der Waals surface area contributed by atoms with Gasteiger partial charge in [0.05, 0.1) is 17.3 Å². The van der Waals surface area contributed by atoms with E-state index in [4.69, 9.17) is 9.72 Å². The molecular weight excluding hydrogens is 232 g/mol. The van der Waals surface area contributed by atoms with Gasteiger partial charge in [-0.2, -0.15) is 0 Å². The van der Waals surface area contributed by atoms with Gasteiger partial charge in [-0.25, -0.2) is 4.98 Å². The SMILES string of the molecule is COCc1nc(CC2CC2)sc1CNC(C)C. The van der Waals surface area contributed by atoms with Gasteiger partial charge in [0.2, 0.25) is 0 Å². The van der Waals surface area contributed by atoms with Crippen molar-refractivity contribution in [1.29, 1.82) is 0 Å². The van der Waals surface area contributed by atoms with E-state index in [-0.39, 0.29) is 0 Å². The van der Waals surface area contributed by atoms with Gasteiger partial charge in [0, 0.05) is 31.0 Å². The second kappa shape index (κ2) is 5.94.